The quantitative estimate of drug-likeness (QED) is 0.208. The fraction of sp³-hybridized carbons (Fsp3) is 0.297. The van der Waals surface area contributed by atoms with E-state index in [1.54, 1.807) is 6.33 Å². The number of H-pyrrole nitrogens is 1. The summed E-state index contributed by atoms with van der Waals surface area (Å²) in [6.07, 6.45) is 9.26. The minimum absolute atomic E-state index is 0.278. The number of nitrogens with zero attached hydrogens (tertiary/aromatic N) is 5. The largest absolute Gasteiger partial charge is 0.339 e. The maximum Gasteiger partial charge on any atom is 0.149 e. The molecule has 2 aromatic heterocycles. The molecule has 8 rings (SSSR count). The summed E-state index contributed by atoms with van der Waals surface area (Å²) in [4.78, 5) is 27.8. The number of carbonyl (C=O) groups is 1. The minimum atomic E-state index is -0.494. The molecule has 5 aromatic rings. The van der Waals surface area contributed by atoms with Crippen molar-refractivity contribution in [3.63, 3.8) is 0 Å². The van der Waals surface area contributed by atoms with Gasteiger partial charge in [0, 0.05) is 41.3 Å². The molecule has 2 atom stereocenters. The van der Waals surface area contributed by atoms with Gasteiger partial charge in [0.1, 0.15) is 24.3 Å². The zero-order valence-electron chi connectivity index (χ0n) is 25.5. The lowest BCUT2D eigenvalue weighted by Crippen LogP contribution is -2.42. The van der Waals surface area contributed by atoms with Crippen LogP contribution in [0, 0.1) is 6.92 Å². The molecule has 3 aromatic carbocycles. The van der Waals surface area contributed by atoms with Crippen molar-refractivity contribution < 1.29 is 4.79 Å². The van der Waals surface area contributed by atoms with Gasteiger partial charge >= 0.3 is 0 Å². The van der Waals surface area contributed by atoms with Crippen LogP contribution >= 0.6 is 0 Å². The second-order valence-electron chi connectivity index (χ2n) is 12.8. The molecule has 2 unspecified atom stereocenters. The molecule has 2 aliphatic heterocycles. The lowest BCUT2D eigenvalue weighted by molar-refractivity contribution is -0.109. The summed E-state index contributed by atoms with van der Waals surface area (Å²) >= 11 is 0. The molecule has 226 valence electrons. The first kappa shape index (κ1) is 27.9. The molecule has 3 aliphatic rings. The van der Waals surface area contributed by atoms with Crippen molar-refractivity contribution in [3.05, 3.63) is 101 Å². The molecule has 0 radical (unpaired) electrons. The number of anilines is 1. The lowest BCUT2D eigenvalue weighted by atomic mass is 9.94. The van der Waals surface area contributed by atoms with E-state index in [-0.39, 0.29) is 6.04 Å². The lowest BCUT2D eigenvalue weighted by Gasteiger charge is -2.31. The maximum atomic E-state index is 12.5. The molecule has 0 bridgehead atoms. The summed E-state index contributed by atoms with van der Waals surface area (Å²) in [5, 5.41) is 7.58. The number of hydrogen-bond donors (Lipinski definition) is 2. The molecule has 45 heavy (non-hydrogen) atoms. The molecule has 4 heterocycles. The molecule has 3 N–H and O–H groups in total. The summed E-state index contributed by atoms with van der Waals surface area (Å²) in [5.74, 6) is 0.651. The van der Waals surface area contributed by atoms with Crippen molar-refractivity contribution in [2.24, 2.45) is 10.8 Å². The van der Waals surface area contributed by atoms with Gasteiger partial charge in [0.15, 0.2) is 0 Å². The molecule has 0 amide bonds. The Kier molecular flexibility index (Phi) is 7.03. The van der Waals surface area contributed by atoms with E-state index < -0.39 is 6.04 Å². The van der Waals surface area contributed by atoms with Crippen LogP contribution in [0.1, 0.15) is 65.5 Å². The standard InChI is InChI=1S/C37H37N7O/c1-23-30(5-2-6-34(23)44-35(21-45)31-14-13-27(25-11-12-25)16-28(31)18-41-44)36-32-17-33(42-37(32)40-22-39-36)26-9-7-24(8-10-26)19-43-15-3-4-29(38)20-43/h2,5-10,13-14,16-18,21-22,25,29,35H,3-4,11-12,15,19-20,38H2,1H3,(H,39,40,42). The highest BCUT2D eigenvalue weighted by Crippen LogP contribution is 2.43. The van der Waals surface area contributed by atoms with Crippen molar-refractivity contribution in [3.8, 4) is 22.5 Å². The summed E-state index contributed by atoms with van der Waals surface area (Å²) in [7, 11) is 0. The monoisotopic (exact) mass is 595 g/mol. The number of fused-ring (bicyclic) bond motifs is 2. The van der Waals surface area contributed by atoms with Gasteiger partial charge in [-0.1, -0.05) is 48.5 Å². The third kappa shape index (κ3) is 5.24. The number of benzene rings is 3. The number of nitrogens with two attached hydrogens (primary N) is 1. The Bertz CT molecular complexity index is 1920. The van der Waals surface area contributed by atoms with E-state index in [2.05, 4.69) is 76.4 Å². The molecule has 8 heteroatoms. The van der Waals surface area contributed by atoms with Crippen LogP contribution in [0.15, 0.2) is 78.2 Å². The Morgan fingerprint density at radius 2 is 1.89 bits per heavy atom. The van der Waals surface area contributed by atoms with Gasteiger partial charge in [-0.2, -0.15) is 5.10 Å². The van der Waals surface area contributed by atoms with Crippen molar-refractivity contribution in [2.45, 2.75) is 57.2 Å². The van der Waals surface area contributed by atoms with Crippen LogP contribution in [0.25, 0.3) is 33.5 Å². The molecule has 2 fully saturated rings. The molecular formula is C37H37N7O. The smallest absolute Gasteiger partial charge is 0.149 e. The number of rotatable bonds is 7. The Morgan fingerprint density at radius 1 is 1.02 bits per heavy atom. The predicted octanol–water partition coefficient (Wildman–Crippen LogP) is 6.49. The van der Waals surface area contributed by atoms with E-state index >= 15 is 0 Å². The summed E-state index contributed by atoms with van der Waals surface area (Å²) in [6.45, 7) is 5.06. The zero-order valence-corrected chi connectivity index (χ0v) is 25.5. The number of hydrogen-bond acceptors (Lipinski definition) is 7. The highest BCUT2D eigenvalue weighted by atomic mass is 16.1. The second-order valence-corrected chi connectivity index (χ2v) is 12.8. The zero-order chi connectivity index (χ0) is 30.5. The van der Waals surface area contributed by atoms with Crippen molar-refractivity contribution >= 4 is 29.2 Å². The Hall–Kier alpha value is -4.66. The number of carbonyl (C=O) groups excluding carboxylic acids is 1. The highest BCUT2D eigenvalue weighted by molar-refractivity contribution is 5.96. The van der Waals surface area contributed by atoms with Gasteiger partial charge in [0.2, 0.25) is 0 Å². The number of hydrazone groups is 1. The second kappa shape index (κ2) is 11.4. The topological polar surface area (TPSA) is 104 Å². The van der Waals surface area contributed by atoms with Crippen LogP contribution < -0.4 is 10.7 Å². The summed E-state index contributed by atoms with van der Waals surface area (Å²) in [6, 6.07) is 23.3. The molecule has 1 saturated carbocycles. The van der Waals surface area contributed by atoms with Gasteiger partial charge < -0.3 is 15.5 Å². The Morgan fingerprint density at radius 3 is 2.69 bits per heavy atom. The van der Waals surface area contributed by atoms with Crippen molar-refractivity contribution in [2.75, 3.05) is 18.1 Å². The first-order valence-corrected chi connectivity index (χ1v) is 16.0. The molecule has 1 saturated heterocycles. The number of likely N-dealkylation sites (tertiary alicyclic amines) is 1. The van der Waals surface area contributed by atoms with Crippen LogP contribution in [0.5, 0.6) is 0 Å². The van der Waals surface area contributed by atoms with E-state index in [1.165, 1.54) is 24.0 Å². The molecule has 1 aliphatic carbocycles. The predicted molar refractivity (Wildman–Crippen MR) is 179 cm³/mol. The van der Waals surface area contributed by atoms with Crippen LogP contribution in [0.4, 0.5) is 5.69 Å². The molecular weight excluding hydrogens is 558 g/mol. The van der Waals surface area contributed by atoms with Crippen LogP contribution in [0.2, 0.25) is 0 Å². The van der Waals surface area contributed by atoms with E-state index in [0.29, 0.717) is 5.92 Å². The molecule has 8 nitrogen and oxygen atoms in total. The summed E-state index contributed by atoms with van der Waals surface area (Å²) < 4.78 is 0. The number of nitrogens with one attached hydrogen (secondary N) is 1. The first-order valence-electron chi connectivity index (χ1n) is 16.0. The maximum absolute atomic E-state index is 12.5. The van der Waals surface area contributed by atoms with E-state index in [1.807, 2.05) is 23.4 Å². The van der Waals surface area contributed by atoms with Crippen LogP contribution in [-0.2, 0) is 11.3 Å². The van der Waals surface area contributed by atoms with Gasteiger partial charge in [-0.3, -0.25) is 9.91 Å². The number of aromatic nitrogens is 3. The van der Waals surface area contributed by atoms with Gasteiger partial charge in [0.25, 0.3) is 0 Å². The van der Waals surface area contributed by atoms with E-state index in [4.69, 9.17) is 15.8 Å². The van der Waals surface area contributed by atoms with Crippen LogP contribution in [0.3, 0.4) is 0 Å². The fourth-order valence-corrected chi connectivity index (χ4v) is 7.04. The average molecular weight is 596 g/mol. The summed E-state index contributed by atoms with van der Waals surface area (Å²) in [5.41, 5.74) is 17.4. The van der Waals surface area contributed by atoms with Gasteiger partial charge in [-0.05, 0) is 91.1 Å². The van der Waals surface area contributed by atoms with Gasteiger partial charge in [-0.15, -0.1) is 0 Å². The highest BCUT2D eigenvalue weighted by Gasteiger charge is 2.30. The minimum Gasteiger partial charge on any atom is -0.339 e. The third-order valence-corrected chi connectivity index (χ3v) is 9.64. The van der Waals surface area contributed by atoms with Gasteiger partial charge in [0.05, 0.1) is 17.6 Å². The molecule has 0 spiro atoms. The normalized spacial score (nSPS) is 20.0. The Labute approximate surface area is 263 Å². The van der Waals surface area contributed by atoms with Crippen molar-refractivity contribution in [1.82, 2.24) is 19.9 Å². The first-order chi connectivity index (χ1) is 22.1. The number of piperidine rings is 1. The van der Waals surface area contributed by atoms with Crippen LogP contribution in [-0.4, -0.2) is 51.5 Å². The van der Waals surface area contributed by atoms with Crippen molar-refractivity contribution in [1.29, 1.82) is 0 Å². The number of aromatic amines is 1. The van der Waals surface area contributed by atoms with Gasteiger partial charge in [-0.25, -0.2) is 9.97 Å². The Balaban J connectivity index is 1.09. The average Bonchev–Trinajstić information content (AvgIpc) is 3.82. The SMILES string of the molecule is Cc1c(-c2ncnc3[nH]c(-c4ccc(CN5CCCC(N)C5)cc4)cc23)cccc1N1N=Cc2cc(C3CC3)ccc2C1C=O. The van der Waals surface area contributed by atoms with E-state index in [9.17, 15) is 4.79 Å². The fourth-order valence-electron chi connectivity index (χ4n) is 7.04. The third-order valence-electron chi connectivity index (χ3n) is 9.64. The number of aldehydes is 1. The van der Waals surface area contributed by atoms with E-state index in [0.717, 1.165) is 94.7 Å².